The fourth-order valence-electron chi connectivity index (χ4n) is 3.22. The second-order valence-corrected chi connectivity index (χ2v) is 5.99. The number of hydrogen-bond acceptors (Lipinski definition) is 6. The molecule has 0 spiro atoms. The third-order valence-corrected chi connectivity index (χ3v) is 4.40. The third kappa shape index (κ3) is 2.50. The zero-order chi connectivity index (χ0) is 17.6. The second kappa shape index (κ2) is 5.64. The standard InChI is InChI=1S/C18H18N6O/c19-12-2-1-10(11(7-12)9-25)8-24-6-5-13-15(24)4-3-14-16(13)17(20)23-18(21)22-14/h1-7,25H,8-9,19H2,(H4,20,21,22,23). The number of anilines is 3. The molecule has 4 aromatic rings. The summed E-state index contributed by atoms with van der Waals surface area (Å²) in [6.45, 7) is 0.559. The van der Waals surface area contributed by atoms with Crippen molar-refractivity contribution in [2.75, 3.05) is 17.2 Å². The molecule has 0 amide bonds. The molecule has 0 saturated heterocycles. The molecular weight excluding hydrogens is 316 g/mol. The molecule has 2 aromatic heterocycles. The highest BCUT2D eigenvalue weighted by Crippen LogP contribution is 2.30. The first-order valence-electron chi connectivity index (χ1n) is 7.85. The Balaban J connectivity index is 1.86. The van der Waals surface area contributed by atoms with Gasteiger partial charge in [0.15, 0.2) is 0 Å². The number of benzene rings is 2. The predicted molar refractivity (Wildman–Crippen MR) is 99.7 cm³/mol. The van der Waals surface area contributed by atoms with Crippen molar-refractivity contribution in [2.45, 2.75) is 13.2 Å². The molecule has 25 heavy (non-hydrogen) atoms. The molecule has 0 aliphatic rings. The summed E-state index contributed by atoms with van der Waals surface area (Å²) in [7, 11) is 0. The van der Waals surface area contributed by atoms with Crippen LogP contribution < -0.4 is 17.2 Å². The Labute approximate surface area is 143 Å². The van der Waals surface area contributed by atoms with Gasteiger partial charge < -0.3 is 26.9 Å². The number of aliphatic hydroxyl groups excluding tert-OH is 1. The number of fused-ring (bicyclic) bond motifs is 3. The van der Waals surface area contributed by atoms with E-state index in [0.29, 0.717) is 18.1 Å². The highest BCUT2D eigenvalue weighted by Gasteiger charge is 2.12. The zero-order valence-electron chi connectivity index (χ0n) is 13.5. The summed E-state index contributed by atoms with van der Waals surface area (Å²) in [5, 5.41) is 11.3. The van der Waals surface area contributed by atoms with E-state index in [-0.39, 0.29) is 12.6 Å². The first kappa shape index (κ1) is 15.2. The lowest BCUT2D eigenvalue weighted by Crippen LogP contribution is -2.03. The molecule has 7 heteroatoms. The summed E-state index contributed by atoms with van der Waals surface area (Å²) in [4.78, 5) is 8.32. The van der Waals surface area contributed by atoms with Gasteiger partial charge in [-0.25, -0.2) is 4.98 Å². The van der Waals surface area contributed by atoms with E-state index in [1.54, 1.807) is 6.07 Å². The smallest absolute Gasteiger partial charge is 0.222 e. The van der Waals surface area contributed by atoms with Gasteiger partial charge in [0.05, 0.1) is 17.5 Å². The second-order valence-electron chi connectivity index (χ2n) is 5.99. The molecule has 0 atom stereocenters. The van der Waals surface area contributed by atoms with Crippen LogP contribution in [-0.4, -0.2) is 19.6 Å². The summed E-state index contributed by atoms with van der Waals surface area (Å²) in [5.74, 6) is 0.535. The first-order valence-corrected chi connectivity index (χ1v) is 7.85. The van der Waals surface area contributed by atoms with Crippen LogP contribution in [0.1, 0.15) is 11.1 Å². The van der Waals surface area contributed by atoms with Gasteiger partial charge in [0, 0.05) is 29.3 Å². The van der Waals surface area contributed by atoms with Gasteiger partial charge in [0.1, 0.15) is 5.82 Å². The summed E-state index contributed by atoms with van der Waals surface area (Å²) >= 11 is 0. The van der Waals surface area contributed by atoms with Gasteiger partial charge >= 0.3 is 0 Å². The summed E-state index contributed by atoms with van der Waals surface area (Å²) in [6, 6.07) is 11.4. The molecule has 2 aromatic carbocycles. The van der Waals surface area contributed by atoms with Crippen LogP contribution in [0, 0.1) is 0 Å². The topological polar surface area (TPSA) is 129 Å². The third-order valence-electron chi connectivity index (χ3n) is 4.40. The maximum Gasteiger partial charge on any atom is 0.222 e. The fourth-order valence-corrected chi connectivity index (χ4v) is 3.22. The van der Waals surface area contributed by atoms with E-state index in [1.807, 2.05) is 36.5 Å². The van der Waals surface area contributed by atoms with Crippen LogP contribution in [0.4, 0.5) is 17.5 Å². The highest BCUT2D eigenvalue weighted by atomic mass is 16.3. The Morgan fingerprint density at radius 2 is 1.80 bits per heavy atom. The van der Waals surface area contributed by atoms with Crippen molar-refractivity contribution in [3.05, 3.63) is 53.7 Å². The molecule has 0 aliphatic heterocycles. The van der Waals surface area contributed by atoms with E-state index in [1.165, 1.54) is 0 Å². The molecule has 7 N–H and O–H groups in total. The lowest BCUT2D eigenvalue weighted by atomic mass is 10.1. The molecular formula is C18H18N6O. The number of aliphatic hydroxyl groups is 1. The summed E-state index contributed by atoms with van der Waals surface area (Å²) < 4.78 is 2.09. The van der Waals surface area contributed by atoms with Crippen LogP contribution in [0.3, 0.4) is 0 Å². The maximum atomic E-state index is 9.58. The molecule has 4 rings (SSSR count). The molecule has 126 valence electrons. The van der Waals surface area contributed by atoms with Gasteiger partial charge in [-0.1, -0.05) is 6.07 Å². The van der Waals surface area contributed by atoms with Crippen molar-refractivity contribution < 1.29 is 5.11 Å². The minimum Gasteiger partial charge on any atom is -0.399 e. The van der Waals surface area contributed by atoms with E-state index < -0.39 is 0 Å². The van der Waals surface area contributed by atoms with Gasteiger partial charge in [-0.2, -0.15) is 4.98 Å². The molecule has 0 bridgehead atoms. The lowest BCUT2D eigenvalue weighted by molar-refractivity contribution is 0.280. The normalized spacial score (nSPS) is 11.4. The molecule has 7 nitrogen and oxygen atoms in total. The molecule has 2 heterocycles. The van der Waals surface area contributed by atoms with Crippen LogP contribution in [0.5, 0.6) is 0 Å². The quantitative estimate of drug-likeness (QED) is 0.423. The number of rotatable bonds is 3. The average Bonchev–Trinajstić information content (AvgIpc) is 2.98. The number of nitrogen functional groups attached to an aromatic ring is 3. The van der Waals surface area contributed by atoms with Gasteiger partial charge in [-0.3, -0.25) is 0 Å². The minimum atomic E-state index is -0.0530. The number of nitrogens with zero attached hydrogens (tertiary/aromatic N) is 3. The average molecular weight is 334 g/mol. The Kier molecular flexibility index (Phi) is 3.43. The van der Waals surface area contributed by atoms with Crippen molar-refractivity contribution in [1.29, 1.82) is 0 Å². The predicted octanol–water partition coefficient (Wildman–Crippen LogP) is 1.87. The van der Waals surface area contributed by atoms with Gasteiger partial charge in [-0.05, 0) is 41.5 Å². The van der Waals surface area contributed by atoms with Gasteiger partial charge in [-0.15, -0.1) is 0 Å². The Morgan fingerprint density at radius 1 is 0.960 bits per heavy atom. The molecule has 0 fully saturated rings. The van der Waals surface area contributed by atoms with Crippen molar-refractivity contribution in [3.63, 3.8) is 0 Å². The number of nitrogens with two attached hydrogens (primary N) is 3. The van der Waals surface area contributed by atoms with E-state index in [9.17, 15) is 5.11 Å². The van der Waals surface area contributed by atoms with Gasteiger partial charge in [0.25, 0.3) is 0 Å². The van der Waals surface area contributed by atoms with Gasteiger partial charge in [0.2, 0.25) is 5.95 Å². The lowest BCUT2D eigenvalue weighted by Gasteiger charge is -2.11. The summed E-state index contributed by atoms with van der Waals surface area (Å²) in [6.07, 6.45) is 1.98. The Morgan fingerprint density at radius 3 is 2.60 bits per heavy atom. The molecule has 0 radical (unpaired) electrons. The molecule has 0 saturated carbocycles. The Bertz CT molecular complexity index is 1100. The largest absolute Gasteiger partial charge is 0.399 e. The van der Waals surface area contributed by atoms with Crippen molar-refractivity contribution in [1.82, 2.24) is 14.5 Å². The SMILES string of the molecule is Nc1ccc(Cn2ccc3c4c(N)nc(N)nc4ccc32)c(CO)c1. The van der Waals surface area contributed by atoms with Crippen LogP contribution >= 0.6 is 0 Å². The van der Waals surface area contributed by atoms with E-state index in [4.69, 9.17) is 17.2 Å². The van der Waals surface area contributed by atoms with Crippen molar-refractivity contribution >= 4 is 39.3 Å². The Hall–Kier alpha value is -3.32. The van der Waals surface area contributed by atoms with Crippen molar-refractivity contribution in [2.24, 2.45) is 0 Å². The fraction of sp³-hybridized carbons (Fsp3) is 0.111. The maximum absolute atomic E-state index is 9.58. The zero-order valence-corrected chi connectivity index (χ0v) is 13.5. The van der Waals surface area contributed by atoms with Crippen LogP contribution in [0.2, 0.25) is 0 Å². The monoisotopic (exact) mass is 334 g/mol. The molecule has 0 unspecified atom stereocenters. The van der Waals surface area contributed by atoms with Crippen LogP contribution in [0.25, 0.3) is 21.8 Å². The highest BCUT2D eigenvalue weighted by molar-refractivity contribution is 6.10. The number of hydrogen-bond donors (Lipinski definition) is 4. The minimum absolute atomic E-state index is 0.0530. The first-order chi connectivity index (χ1) is 12.1. The molecule has 0 aliphatic carbocycles. The van der Waals surface area contributed by atoms with E-state index >= 15 is 0 Å². The van der Waals surface area contributed by atoms with E-state index in [2.05, 4.69) is 14.5 Å². The van der Waals surface area contributed by atoms with Crippen LogP contribution in [-0.2, 0) is 13.2 Å². The van der Waals surface area contributed by atoms with Crippen molar-refractivity contribution in [3.8, 4) is 0 Å². The summed E-state index contributed by atoms with van der Waals surface area (Å²) in [5.41, 5.74) is 21.7. The number of aromatic nitrogens is 3. The van der Waals surface area contributed by atoms with Crippen LogP contribution in [0.15, 0.2) is 42.6 Å². The van der Waals surface area contributed by atoms with E-state index in [0.717, 1.165) is 32.9 Å².